The van der Waals surface area contributed by atoms with Crippen LogP contribution in [0.3, 0.4) is 0 Å². The standard InChI is InChI=1S/C30H25NO8S2/c32-30(33)28-29(40-27-18-37-26(39-27)16-21-11-5-2-6-12-21)22-13-7-8-14-25(22)41(34,35)31(28)23(24-17-36-19-38-24)15-20-9-3-1-4-10-20/h1-14,17-18,23,26H,15-16,19H2,(H,32,33). The highest BCUT2D eigenvalue weighted by Crippen LogP contribution is 2.48. The van der Waals surface area contributed by atoms with E-state index in [9.17, 15) is 18.3 Å². The average Bonchev–Trinajstić information content (AvgIpc) is 3.67. The summed E-state index contributed by atoms with van der Waals surface area (Å²) in [6.45, 7) is -0.0975. The predicted molar refractivity (Wildman–Crippen MR) is 151 cm³/mol. The van der Waals surface area contributed by atoms with Crippen LogP contribution >= 0.6 is 11.8 Å². The molecule has 0 aliphatic carbocycles. The van der Waals surface area contributed by atoms with Gasteiger partial charge in [-0.15, -0.1) is 0 Å². The molecule has 3 aromatic rings. The fourth-order valence-electron chi connectivity index (χ4n) is 4.88. The number of thioether (sulfide) groups is 1. The van der Waals surface area contributed by atoms with Gasteiger partial charge in [0.05, 0.1) is 9.80 Å². The van der Waals surface area contributed by atoms with Gasteiger partial charge in [-0.3, -0.25) is 0 Å². The van der Waals surface area contributed by atoms with Crippen LogP contribution in [-0.2, 0) is 46.6 Å². The first-order valence-corrected chi connectivity index (χ1v) is 15.0. The highest BCUT2D eigenvalue weighted by molar-refractivity contribution is 8.11. The molecule has 6 rings (SSSR count). The third-order valence-corrected chi connectivity index (χ3v) is 9.57. The Balaban J connectivity index is 1.42. The quantitative estimate of drug-likeness (QED) is 0.365. The summed E-state index contributed by atoms with van der Waals surface area (Å²) < 4.78 is 51.9. The summed E-state index contributed by atoms with van der Waals surface area (Å²) in [6.07, 6.45) is 2.79. The van der Waals surface area contributed by atoms with E-state index in [2.05, 4.69) is 0 Å². The first kappa shape index (κ1) is 26.9. The number of nitrogens with zero attached hydrogens (tertiary/aromatic N) is 1. The number of ether oxygens (including phenoxy) is 4. The molecule has 2 unspecified atom stereocenters. The fourth-order valence-corrected chi connectivity index (χ4v) is 7.86. The number of carbonyl (C=O) groups is 1. The van der Waals surface area contributed by atoms with Gasteiger partial charge in [-0.2, -0.15) is 0 Å². The lowest BCUT2D eigenvalue weighted by Crippen LogP contribution is -2.46. The van der Waals surface area contributed by atoms with Crippen LogP contribution in [-0.4, -0.2) is 42.9 Å². The summed E-state index contributed by atoms with van der Waals surface area (Å²) in [5.41, 5.74) is 1.65. The van der Waals surface area contributed by atoms with Crippen molar-refractivity contribution in [3.8, 4) is 0 Å². The Morgan fingerprint density at radius 1 is 0.951 bits per heavy atom. The molecule has 0 aromatic heterocycles. The zero-order valence-electron chi connectivity index (χ0n) is 21.6. The van der Waals surface area contributed by atoms with Crippen molar-refractivity contribution in [3.05, 3.63) is 131 Å². The van der Waals surface area contributed by atoms with Gasteiger partial charge in [0.2, 0.25) is 13.1 Å². The molecule has 0 fully saturated rings. The number of sulfonamides is 1. The number of fused-ring (bicyclic) bond motifs is 1. The maximum atomic E-state index is 14.2. The lowest BCUT2D eigenvalue weighted by Gasteiger charge is -2.37. The van der Waals surface area contributed by atoms with Crippen LogP contribution in [0.2, 0.25) is 0 Å². The maximum absolute atomic E-state index is 14.2. The minimum absolute atomic E-state index is 0.0228. The minimum Gasteiger partial charge on any atom is -0.477 e. The van der Waals surface area contributed by atoms with Crippen LogP contribution in [0.4, 0.5) is 0 Å². The van der Waals surface area contributed by atoms with Gasteiger partial charge in [-0.25, -0.2) is 17.5 Å². The molecular formula is C30H25NO8S2. The van der Waals surface area contributed by atoms with Crippen molar-refractivity contribution >= 4 is 32.7 Å². The van der Waals surface area contributed by atoms with Gasteiger partial charge < -0.3 is 24.1 Å². The second-order valence-corrected chi connectivity index (χ2v) is 12.1. The third-order valence-electron chi connectivity index (χ3n) is 6.69. The van der Waals surface area contributed by atoms with E-state index in [4.69, 9.17) is 18.9 Å². The first-order valence-electron chi connectivity index (χ1n) is 12.8. The van der Waals surface area contributed by atoms with E-state index >= 15 is 0 Å². The van der Waals surface area contributed by atoms with Crippen LogP contribution < -0.4 is 0 Å². The largest absolute Gasteiger partial charge is 0.477 e. The van der Waals surface area contributed by atoms with Crippen molar-refractivity contribution in [2.24, 2.45) is 0 Å². The van der Waals surface area contributed by atoms with Crippen LogP contribution in [0, 0.1) is 0 Å². The molecule has 3 aromatic carbocycles. The van der Waals surface area contributed by atoms with Crippen molar-refractivity contribution in [2.45, 2.75) is 30.1 Å². The molecule has 210 valence electrons. The van der Waals surface area contributed by atoms with Gasteiger partial charge in [-0.05, 0) is 29.0 Å². The number of aliphatic carboxylic acids is 1. The highest BCUT2D eigenvalue weighted by atomic mass is 32.2. The van der Waals surface area contributed by atoms with Crippen LogP contribution in [0.25, 0.3) is 4.91 Å². The van der Waals surface area contributed by atoms with E-state index < -0.39 is 34.0 Å². The Morgan fingerprint density at radius 2 is 1.63 bits per heavy atom. The Hall–Kier alpha value is -4.35. The molecule has 0 saturated heterocycles. The maximum Gasteiger partial charge on any atom is 0.354 e. The number of hydrogen-bond acceptors (Lipinski definition) is 8. The average molecular weight is 592 g/mol. The second-order valence-electron chi connectivity index (χ2n) is 9.35. The zero-order chi connectivity index (χ0) is 28.4. The Labute approximate surface area is 241 Å². The molecule has 9 nitrogen and oxygen atoms in total. The lowest BCUT2D eigenvalue weighted by molar-refractivity contribution is -0.134. The van der Waals surface area contributed by atoms with Crippen LogP contribution in [0.1, 0.15) is 16.7 Å². The van der Waals surface area contributed by atoms with Gasteiger partial charge in [0, 0.05) is 18.4 Å². The summed E-state index contributed by atoms with van der Waals surface area (Å²) in [6, 6.07) is 24.2. The summed E-state index contributed by atoms with van der Waals surface area (Å²) in [5, 5.41) is 10.9. The molecule has 0 saturated carbocycles. The molecule has 1 N–H and O–H groups in total. The first-order chi connectivity index (χ1) is 19.9. The van der Waals surface area contributed by atoms with Crippen molar-refractivity contribution in [1.82, 2.24) is 4.31 Å². The number of rotatable bonds is 9. The van der Waals surface area contributed by atoms with Gasteiger partial charge in [0.25, 0.3) is 10.0 Å². The Bertz CT molecular complexity index is 1650. The molecule has 11 heteroatoms. The van der Waals surface area contributed by atoms with Gasteiger partial charge in [0.1, 0.15) is 18.6 Å². The van der Waals surface area contributed by atoms with E-state index in [0.29, 0.717) is 11.5 Å². The Morgan fingerprint density at radius 3 is 2.32 bits per heavy atom. The van der Waals surface area contributed by atoms with E-state index in [1.807, 2.05) is 60.7 Å². The summed E-state index contributed by atoms with van der Waals surface area (Å²) in [7, 11) is -4.34. The van der Waals surface area contributed by atoms with Crippen molar-refractivity contribution < 1.29 is 37.3 Å². The summed E-state index contributed by atoms with van der Waals surface area (Å²) in [4.78, 5) is 13.1. The normalized spacial score (nSPS) is 19.6. The number of carboxylic acids is 1. The molecule has 3 aliphatic rings. The van der Waals surface area contributed by atoms with Gasteiger partial charge in [-0.1, -0.05) is 78.9 Å². The van der Waals surface area contributed by atoms with E-state index in [1.165, 1.54) is 18.6 Å². The third kappa shape index (κ3) is 5.38. The number of hydrogen-bond donors (Lipinski definition) is 1. The molecule has 3 aliphatic heterocycles. The smallest absolute Gasteiger partial charge is 0.354 e. The van der Waals surface area contributed by atoms with Crippen molar-refractivity contribution in [1.29, 1.82) is 0 Å². The monoisotopic (exact) mass is 591 g/mol. The summed E-state index contributed by atoms with van der Waals surface area (Å²) in [5.74, 6) is -1.20. The summed E-state index contributed by atoms with van der Waals surface area (Å²) >= 11 is 1.01. The molecule has 41 heavy (non-hydrogen) atoms. The van der Waals surface area contributed by atoms with Gasteiger partial charge >= 0.3 is 5.97 Å². The Kier molecular flexibility index (Phi) is 7.38. The van der Waals surface area contributed by atoms with Gasteiger partial charge in [0.15, 0.2) is 16.5 Å². The molecule has 3 heterocycles. The van der Waals surface area contributed by atoms with Crippen molar-refractivity contribution in [3.63, 3.8) is 0 Å². The molecule has 0 amide bonds. The van der Waals surface area contributed by atoms with E-state index in [0.717, 1.165) is 27.2 Å². The second kappa shape index (κ2) is 11.3. The van der Waals surface area contributed by atoms with Crippen molar-refractivity contribution in [2.75, 3.05) is 6.79 Å². The van der Waals surface area contributed by atoms with Crippen LogP contribution in [0.15, 0.2) is 119 Å². The van der Waals surface area contributed by atoms with E-state index in [-0.39, 0.29) is 34.3 Å². The molecular weight excluding hydrogens is 566 g/mol. The minimum atomic E-state index is -4.34. The number of carboxylic acid groups (broad SMARTS) is 1. The highest BCUT2D eigenvalue weighted by Gasteiger charge is 2.46. The SMILES string of the molecule is O=C(O)C1=C(SC2=COC(Cc3ccccc3)O2)c2ccccc2S(=O)(=O)N1C(Cc1ccccc1)C1=COCO1. The topological polar surface area (TPSA) is 112 Å². The fraction of sp³-hybridized carbons (Fsp3) is 0.167. The zero-order valence-corrected chi connectivity index (χ0v) is 23.2. The number of benzene rings is 3. The molecule has 2 atom stereocenters. The van der Waals surface area contributed by atoms with Crippen LogP contribution in [0.5, 0.6) is 0 Å². The molecule has 0 bridgehead atoms. The van der Waals surface area contributed by atoms with E-state index in [1.54, 1.807) is 18.2 Å². The molecule has 0 spiro atoms. The predicted octanol–water partition coefficient (Wildman–Crippen LogP) is 5.05. The lowest BCUT2D eigenvalue weighted by atomic mass is 10.0. The molecule has 0 radical (unpaired) electrons.